The van der Waals surface area contributed by atoms with Crippen LogP contribution >= 0.6 is 11.3 Å². The van der Waals surface area contributed by atoms with Crippen molar-refractivity contribution in [3.8, 4) is 5.88 Å². The average molecular weight is 423 g/mol. The number of alkyl halides is 3. The SMILES string of the molecule is Cc1cc(C(=O)NCc2ccnc(OCC(F)(F)F)c2)c(C)n1Cc1cccs1. The Balaban J connectivity index is 1.64. The molecular weight excluding hydrogens is 403 g/mol. The highest BCUT2D eigenvalue weighted by molar-refractivity contribution is 7.09. The van der Waals surface area contributed by atoms with Gasteiger partial charge in [-0.3, -0.25) is 4.79 Å². The van der Waals surface area contributed by atoms with Crippen LogP contribution in [-0.2, 0) is 13.1 Å². The first-order chi connectivity index (χ1) is 13.7. The van der Waals surface area contributed by atoms with Gasteiger partial charge in [0.15, 0.2) is 6.61 Å². The molecule has 3 aromatic rings. The molecule has 0 spiro atoms. The molecular formula is C20H20F3N3O2S. The number of pyridine rings is 1. The zero-order chi connectivity index (χ0) is 21.0. The van der Waals surface area contributed by atoms with Crippen LogP contribution in [0.5, 0.6) is 5.88 Å². The summed E-state index contributed by atoms with van der Waals surface area (Å²) in [4.78, 5) is 17.6. The number of aryl methyl sites for hydroxylation is 1. The highest BCUT2D eigenvalue weighted by Gasteiger charge is 2.28. The van der Waals surface area contributed by atoms with E-state index in [1.807, 2.05) is 37.4 Å². The zero-order valence-corrected chi connectivity index (χ0v) is 16.7. The quantitative estimate of drug-likeness (QED) is 0.610. The van der Waals surface area contributed by atoms with E-state index in [0.29, 0.717) is 17.7 Å². The third-order valence-corrected chi connectivity index (χ3v) is 5.21. The Bertz CT molecular complexity index is 982. The number of rotatable bonds is 7. The molecule has 0 aliphatic heterocycles. The highest BCUT2D eigenvalue weighted by Crippen LogP contribution is 2.20. The van der Waals surface area contributed by atoms with Gasteiger partial charge in [0.25, 0.3) is 5.91 Å². The van der Waals surface area contributed by atoms with Crippen molar-refractivity contribution in [1.29, 1.82) is 0 Å². The van der Waals surface area contributed by atoms with Gasteiger partial charge < -0.3 is 14.6 Å². The third-order valence-electron chi connectivity index (χ3n) is 4.35. The van der Waals surface area contributed by atoms with Gasteiger partial charge in [0.05, 0.1) is 12.1 Å². The number of carbonyl (C=O) groups is 1. The molecule has 0 atom stereocenters. The maximum Gasteiger partial charge on any atom is 0.422 e. The fourth-order valence-corrected chi connectivity index (χ4v) is 3.60. The van der Waals surface area contributed by atoms with E-state index < -0.39 is 12.8 Å². The van der Waals surface area contributed by atoms with Crippen LogP contribution in [0.15, 0.2) is 41.9 Å². The summed E-state index contributed by atoms with van der Waals surface area (Å²) in [6.07, 6.45) is -3.09. The Labute approximate surface area is 170 Å². The van der Waals surface area contributed by atoms with Crippen molar-refractivity contribution in [3.63, 3.8) is 0 Å². The summed E-state index contributed by atoms with van der Waals surface area (Å²) in [7, 11) is 0. The van der Waals surface area contributed by atoms with Crippen molar-refractivity contribution in [2.75, 3.05) is 6.61 Å². The molecule has 0 fully saturated rings. The van der Waals surface area contributed by atoms with Gasteiger partial charge in [-0.1, -0.05) is 6.07 Å². The van der Waals surface area contributed by atoms with Crippen molar-refractivity contribution >= 4 is 17.2 Å². The molecule has 0 radical (unpaired) electrons. The van der Waals surface area contributed by atoms with E-state index in [1.165, 1.54) is 17.1 Å². The molecule has 1 N–H and O–H groups in total. The van der Waals surface area contributed by atoms with Crippen LogP contribution in [0.1, 0.15) is 32.2 Å². The smallest absolute Gasteiger partial charge is 0.422 e. The van der Waals surface area contributed by atoms with Crippen molar-refractivity contribution < 1.29 is 22.7 Å². The van der Waals surface area contributed by atoms with Crippen molar-refractivity contribution in [2.45, 2.75) is 33.1 Å². The van der Waals surface area contributed by atoms with Crippen LogP contribution in [-0.4, -0.2) is 28.2 Å². The topological polar surface area (TPSA) is 56.1 Å². The highest BCUT2D eigenvalue weighted by atomic mass is 32.1. The first-order valence-electron chi connectivity index (χ1n) is 8.85. The van der Waals surface area contributed by atoms with E-state index >= 15 is 0 Å². The Morgan fingerprint density at radius 1 is 1.28 bits per heavy atom. The maximum absolute atomic E-state index is 12.6. The molecule has 154 valence electrons. The van der Waals surface area contributed by atoms with Gasteiger partial charge in [-0.15, -0.1) is 11.3 Å². The molecule has 0 bridgehead atoms. The number of carbonyl (C=O) groups excluding carboxylic acids is 1. The van der Waals surface area contributed by atoms with E-state index in [2.05, 4.69) is 19.6 Å². The summed E-state index contributed by atoms with van der Waals surface area (Å²) < 4.78 is 43.5. The molecule has 3 heterocycles. The van der Waals surface area contributed by atoms with Gasteiger partial charge in [0.2, 0.25) is 5.88 Å². The zero-order valence-electron chi connectivity index (χ0n) is 15.9. The number of hydrogen-bond acceptors (Lipinski definition) is 4. The number of hydrogen-bond donors (Lipinski definition) is 1. The lowest BCUT2D eigenvalue weighted by molar-refractivity contribution is -0.154. The number of nitrogens with zero attached hydrogens (tertiary/aromatic N) is 2. The molecule has 9 heteroatoms. The second-order valence-electron chi connectivity index (χ2n) is 6.54. The molecule has 5 nitrogen and oxygen atoms in total. The number of ether oxygens (including phenoxy) is 1. The van der Waals surface area contributed by atoms with E-state index in [-0.39, 0.29) is 18.3 Å². The monoisotopic (exact) mass is 423 g/mol. The van der Waals surface area contributed by atoms with E-state index in [4.69, 9.17) is 0 Å². The predicted molar refractivity (Wildman–Crippen MR) is 104 cm³/mol. The van der Waals surface area contributed by atoms with Crippen LogP contribution in [0.4, 0.5) is 13.2 Å². The van der Waals surface area contributed by atoms with Gasteiger partial charge in [-0.25, -0.2) is 4.98 Å². The molecule has 29 heavy (non-hydrogen) atoms. The fraction of sp³-hybridized carbons (Fsp3) is 0.300. The van der Waals surface area contributed by atoms with Crippen LogP contribution in [0.2, 0.25) is 0 Å². The van der Waals surface area contributed by atoms with Gasteiger partial charge in [-0.05, 0) is 43.0 Å². The largest absolute Gasteiger partial charge is 0.468 e. The molecule has 3 rings (SSSR count). The van der Waals surface area contributed by atoms with E-state index in [0.717, 1.165) is 11.4 Å². The number of thiophene rings is 1. The molecule has 3 aromatic heterocycles. The minimum atomic E-state index is -4.43. The second-order valence-corrected chi connectivity index (χ2v) is 7.57. The Hall–Kier alpha value is -2.81. The summed E-state index contributed by atoms with van der Waals surface area (Å²) in [6, 6.07) is 8.87. The predicted octanol–water partition coefficient (Wildman–Crippen LogP) is 4.48. The van der Waals surface area contributed by atoms with Gasteiger partial charge in [0.1, 0.15) is 0 Å². The summed E-state index contributed by atoms with van der Waals surface area (Å²) >= 11 is 1.66. The molecule has 0 saturated heterocycles. The van der Waals surface area contributed by atoms with Crippen LogP contribution < -0.4 is 10.1 Å². The Kier molecular flexibility index (Phi) is 6.26. The molecule has 0 aliphatic rings. The fourth-order valence-electron chi connectivity index (χ4n) is 2.91. The normalized spacial score (nSPS) is 11.5. The summed E-state index contributed by atoms with van der Waals surface area (Å²) in [5, 5.41) is 4.81. The lowest BCUT2D eigenvalue weighted by atomic mass is 10.2. The second kappa shape index (κ2) is 8.69. The standard InChI is InChI=1S/C20H20F3N3O2S/c1-13-8-17(14(2)26(13)11-16-4-3-7-29-16)19(27)25-10-15-5-6-24-18(9-15)28-12-20(21,22)23/h3-9H,10-12H2,1-2H3,(H,25,27). The molecule has 0 aromatic carbocycles. The molecule has 0 saturated carbocycles. The first kappa shape index (κ1) is 20.9. The minimum Gasteiger partial charge on any atom is -0.468 e. The van der Waals surface area contributed by atoms with Crippen molar-refractivity contribution in [1.82, 2.24) is 14.9 Å². The number of nitrogens with one attached hydrogen (secondary N) is 1. The van der Waals surface area contributed by atoms with Gasteiger partial charge in [-0.2, -0.15) is 13.2 Å². The molecule has 0 aliphatic carbocycles. The third kappa shape index (κ3) is 5.60. The van der Waals surface area contributed by atoms with Gasteiger partial charge in [0, 0.05) is 35.1 Å². The summed E-state index contributed by atoms with van der Waals surface area (Å²) in [6.45, 7) is 3.28. The maximum atomic E-state index is 12.6. The average Bonchev–Trinajstić information content (AvgIpc) is 3.28. The van der Waals surface area contributed by atoms with E-state index in [9.17, 15) is 18.0 Å². The van der Waals surface area contributed by atoms with Crippen molar-refractivity contribution in [3.05, 3.63) is 69.3 Å². The van der Waals surface area contributed by atoms with Crippen LogP contribution in [0.3, 0.4) is 0 Å². The molecule has 0 unspecified atom stereocenters. The van der Waals surface area contributed by atoms with Gasteiger partial charge >= 0.3 is 6.18 Å². The van der Waals surface area contributed by atoms with Crippen LogP contribution in [0.25, 0.3) is 0 Å². The lowest BCUT2D eigenvalue weighted by Crippen LogP contribution is -2.23. The summed E-state index contributed by atoms with van der Waals surface area (Å²) in [5.41, 5.74) is 3.00. The number of amides is 1. The summed E-state index contributed by atoms with van der Waals surface area (Å²) in [5.74, 6) is -0.381. The van der Waals surface area contributed by atoms with E-state index in [1.54, 1.807) is 17.4 Å². The van der Waals surface area contributed by atoms with Crippen molar-refractivity contribution in [2.24, 2.45) is 0 Å². The lowest BCUT2D eigenvalue weighted by Gasteiger charge is -2.10. The molecule has 1 amide bonds. The number of aromatic nitrogens is 2. The Morgan fingerprint density at radius 2 is 2.07 bits per heavy atom. The van der Waals surface area contributed by atoms with Crippen LogP contribution in [0, 0.1) is 13.8 Å². The first-order valence-corrected chi connectivity index (χ1v) is 9.72. The minimum absolute atomic E-state index is 0.136. The Morgan fingerprint density at radius 3 is 2.76 bits per heavy atom. The number of halogens is 3.